The molecule has 0 aliphatic carbocycles. The zero-order chi connectivity index (χ0) is 52.0. The molecule has 4 aliphatic heterocycles. The summed E-state index contributed by atoms with van der Waals surface area (Å²) >= 11 is 0. The zero-order valence-electron chi connectivity index (χ0n) is 43.6. The Hall–Kier alpha value is -2.44. The topological polar surface area (TPSA) is 266 Å². The number of aliphatic hydroxyl groups is 5. The van der Waals surface area contributed by atoms with Gasteiger partial charge >= 0.3 is 11.9 Å². The fourth-order valence-corrected chi connectivity index (χ4v) is 10.6. The maximum atomic E-state index is 15.1. The van der Waals surface area contributed by atoms with E-state index in [1.807, 2.05) is 13.8 Å². The number of ketones is 1. The quantitative estimate of drug-likeness (QED) is 0.124. The summed E-state index contributed by atoms with van der Waals surface area (Å²) in [5.74, 6) is -7.58. The second-order valence-corrected chi connectivity index (χ2v) is 21.2. The minimum Gasteiger partial charge on any atom is -0.461 e. The first-order chi connectivity index (χ1) is 32.1. The van der Waals surface area contributed by atoms with Gasteiger partial charge in [0.15, 0.2) is 24.7 Å². The standard InChI is InChI=1S/C49H85NO19/c1-22(2)17-33(51)66-39-27(7)38(24(4)21-62-47-42(60-15)41(59-14)35(52)30(10)65-47)68-45(56)29(9)40(67-34-20-49(13,58)44(55)31(11)64-34)26(6)37(23(3)19-48(12,57)43(54)28(39)8)69-46-36(53)32(50-61-16)18-25(5)63-46/h22-31,34-42,44,46-47,52-53,55,57-58H,17-21H2,1-16H3/t23-,24?,25+,26+,27-,28+,29+,30+,31-,34-,35+,36+,37-,38+,39+,40-,41+,42+,44-,46-,47+,48-,49+/m0/s1. The molecule has 5 N–H and O–H groups in total. The highest BCUT2D eigenvalue weighted by Crippen LogP contribution is 2.40. The predicted molar refractivity (Wildman–Crippen MR) is 247 cm³/mol. The number of aliphatic hydroxyl groups excluding tert-OH is 3. The van der Waals surface area contributed by atoms with Crippen molar-refractivity contribution in [1.29, 1.82) is 0 Å². The summed E-state index contributed by atoms with van der Waals surface area (Å²) in [6, 6.07) is 0. The largest absolute Gasteiger partial charge is 0.461 e. The molecule has 69 heavy (non-hydrogen) atoms. The van der Waals surface area contributed by atoms with Crippen molar-refractivity contribution in [3.63, 3.8) is 0 Å². The van der Waals surface area contributed by atoms with E-state index in [4.69, 9.17) is 52.2 Å². The van der Waals surface area contributed by atoms with Crippen LogP contribution >= 0.6 is 0 Å². The molecule has 4 fully saturated rings. The average Bonchev–Trinajstić information content (AvgIpc) is 3.26. The van der Waals surface area contributed by atoms with Crippen LogP contribution in [0, 0.1) is 41.4 Å². The molecule has 4 saturated heterocycles. The first-order valence-corrected chi connectivity index (χ1v) is 24.6. The molecule has 0 amide bonds. The molecule has 0 bridgehead atoms. The smallest absolute Gasteiger partial charge is 0.311 e. The van der Waals surface area contributed by atoms with Gasteiger partial charge in [0.2, 0.25) is 0 Å². The number of methoxy groups -OCH3 is 2. The van der Waals surface area contributed by atoms with Crippen LogP contribution in [-0.4, -0.2) is 180 Å². The Bertz CT molecular complexity index is 1700. The van der Waals surface area contributed by atoms with E-state index in [0.717, 1.165) is 0 Å². The number of esters is 2. The van der Waals surface area contributed by atoms with Crippen LogP contribution in [0.2, 0.25) is 0 Å². The van der Waals surface area contributed by atoms with Gasteiger partial charge in [-0.1, -0.05) is 53.6 Å². The molecule has 0 aromatic heterocycles. The molecule has 0 aromatic rings. The van der Waals surface area contributed by atoms with E-state index < -0.39 is 157 Å². The molecule has 0 saturated carbocycles. The molecule has 400 valence electrons. The summed E-state index contributed by atoms with van der Waals surface area (Å²) in [6.07, 6.45) is -15.6. The third-order valence-corrected chi connectivity index (χ3v) is 14.4. The molecule has 4 heterocycles. The fraction of sp³-hybridized carbons (Fsp3) is 0.918. The van der Waals surface area contributed by atoms with Gasteiger partial charge < -0.3 is 77.7 Å². The molecule has 4 aliphatic rings. The summed E-state index contributed by atoms with van der Waals surface area (Å²) in [5, 5.41) is 60.8. The van der Waals surface area contributed by atoms with E-state index in [1.54, 1.807) is 62.3 Å². The van der Waals surface area contributed by atoms with Gasteiger partial charge in [-0.15, -0.1) is 0 Å². The normalized spacial score (nSPS) is 45.4. The van der Waals surface area contributed by atoms with Crippen molar-refractivity contribution in [3.8, 4) is 0 Å². The number of oxime groups is 1. The third kappa shape index (κ3) is 14.4. The van der Waals surface area contributed by atoms with E-state index in [9.17, 15) is 35.1 Å². The molecular formula is C49H85NO19. The summed E-state index contributed by atoms with van der Waals surface area (Å²) in [4.78, 5) is 48.5. The molecular weight excluding hydrogens is 907 g/mol. The van der Waals surface area contributed by atoms with Crippen LogP contribution in [0.15, 0.2) is 5.16 Å². The van der Waals surface area contributed by atoms with Gasteiger partial charge in [0.25, 0.3) is 0 Å². The Labute approximate surface area is 408 Å². The number of cyclic esters (lactones) is 1. The molecule has 0 aromatic carbocycles. The van der Waals surface area contributed by atoms with Crippen molar-refractivity contribution in [3.05, 3.63) is 0 Å². The van der Waals surface area contributed by atoms with Gasteiger partial charge in [-0.3, -0.25) is 14.4 Å². The van der Waals surface area contributed by atoms with Crippen LogP contribution in [0.4, 0.5) is 0 Å². The van der Waals surface area contributed by atoms with Gasteiger partial charge in [-0.25, -0.2) is 0 Å². The Balaban J connectivity index is 1.88. The monoisotopic (exact) mass is 992 g/mol. The van der Waals surface area contributed by atoms with E-state index in [2.05, 4.69) is 5.16 Å². The summed E-state index contributed by atoms with van der Waals surface area (Å²) in [6.45, 7) is 21.6. The van der Waals surface area contributed by atoms with Gasteiger partial charge in [-0.05, 0) is 59.8 Å². The Morgan fingerprint density at radius 3 is 1.99 bits per heavy atom. The van der Waals surface area contributed by atoms with Gasteiger partial charge in [0, 0.05) is 51.2 Å². The van der Waals surface area contributed by atoms with Crippen LogP contribution in [0.3, 0.4) is 0 Å². The average molecular weight is 992 g/mol. The zero-order valence-corrected chi connectivity index (χ0v) is 43.6. The predicted octanol–water partition coefficient (Wildman–Crippen LogP) is 3.06. The van der Waals surface area contributed by atoms with Crippen LogP contribution < -0.4 is 0 Å². The number of ether oxygens (including phenoxy) is 10. The van der Waals surface area contributed by atoms with E-state index in [1.165, 1.54) is 35.2 Å². The first kappa shape index (κ1) is 59.1. The van der Waals surface area contributed by atoms with Crippen LogP contribution in [-0.2, 0) is 66.6 Å². The number of hydrogen-bond donors (Lipinski definition) is 5. The lowest BCUT2D eigenvalue weighted by molar-refractivity contribution is -0.305. The molecule has 20 nitrogen and oxygen atoms in total. The number of rotatable bonds is 14. The number of nitrogens with zero attached hydrogens (tertiary/aromatic N) is 1. The Kier molecular flexibility index (Phi) is 21.4. The summed E-state index contributed by atoms with van der Waals surface area (Å²) < 4.78 is 62.0. The Morgan fingerprint density at radius 1 is 0.768 bits per heavy atom. The van der Waals surface area contributed by atoms with E-state index in [0.29, 0.717) is 0 Å². The van der Waals surface area contributed by atoms with E-state index >= 15 is 4.79 Å². The van der Waals surface area contributed by atoms with Crippen LogP contribution in [0.1, 0.15) is 116 Å². The molecule has 20 heteroatoms. The van der Waals surface area contributed by atoms with Gasteiger partial charge in [0.05, 0.1) is 60.3 Å². The molecule has 0 radical (unpaired) electrons. The molecule has 23 atom stereocenters. The van der Waals surface area contributed by atoms with Crippen LogP contribution in [0.25, 0.3) is 0 Å². The van der Waals surface area contributed by atoms with Crippen molar-refractivity contribution in [2.24, 2.45) is 46.6 Å². The third-order valence-electron chi connectivity index (χ3n) is 14.4. The molecule has 1 unspecified atom stereocenters. The highest BCUT2D eigenvalue weighted by Gasteiger charge is 2.52. The van der Waals surface area contributed by atoms with Crippen molar-refractivity contribution in [1.82, 2.24) is 0 Å². The Morgan fingerprint density at radius 2 is 1.41 bits per heavy atom. The maximum absolute atomic E-state index is 15.1. The summed E-state index contributed by atoms with van der Waals surface area (Å²) in [5.41, 5.74) is -3.45. The SMILES string of the molecule is CON=C1C[C@@H](C)O[C@@H](O[C@@H]2[C@@H](C)[C@H](O[C@H]3C[C@@](C)(O)[C@@H](O)[C@H](C)O3)[C@@H](C)C(=O)O[C@H](C(C)CO[C@@H]3O[C@H](C)[C@@H](O)[C@@H](OC)[C@H]3OC)[C@H](C)[C@@H](OC(=O)CC(C)C)[C@@H](C)C(=O)[C@@](C)(O)C[C@@H]2C)[C@@H]1O. The fourth-order valence-electron chi connectivity index (χ4n) is 10.6. The second kappa shape index (κ2) is 25.0. The van der Waals surface area contributed by atoms with Crippen molar-refractivity contribution in [2.45, 2.75) is 219 Å². The van der Waals surface area contributed by atoms with Gasteiger partial charge in [0.1, 0.15) is 55.4 Å². The minimum absolute atomic E-state index is 0.0199. The number of carbonyl (C=O) groups excluding carboxylic acids is 3. The first-order valence-electron chi connectivity index (χ1n) is 24.6. The molecule has 4 rings (SSSR count). The van der Waals surface area contributed by atoms with E-state index in [-0.39, 0.29) is 43.9 Å². The number of hydrogen-bond acceptors (Lipinski definition) is 20. The van der Waals surface area contributed by atoms with Crippen LogP contribution in [0.5, 0.6) is 0 Å². The van der Waals surface area contributed by atoms with Gasteiger partial charge in [-0.2, -0.15) is 0 Å². The second-order valence-electron chi connectivity index (χ2n) is 21.2. The van der Waals surface area contributed by atoms with Crippen molar-refractivity contribution in [2.75, 3.05) is 27.9 Å². The highest BCUT2D eigenvalue weighted by molar-refractivity contribution is 5.90. The van der Waals surface area contributed by atoms with Crippen molar-refractivity contribution < 1.29 is 92.1 Å². The number of carbonyl (C=O) groups is 3. The maximum Gasteiger partial charge on any atom is 0.311 e. The lowest BCUT2D eigenvalue weighted by Crippen LogP contribution is -2.59. The van der Waals surface area contributed by atoms with Crippen molar-refractivity contribution >= 4 is 23.4 Å². The summed E-state index contributed by atoms with van der Waals surface area (Å²) in [7, 11) is 4.23. The number of Topliss-reactive ketones (excluding diaryl/α,β-unsaturated/α-hetero) is 1. The highest BCUT2D eigenvalue weighted by atomic mass is 16.7. The molecule has 0 spiro atoms. The lowest BCUT2D eigenvalue weighted by atomic mass is 9.74. The lowest BCUT2D eigenvalue weighted by Gasteiger charge is -2.46. The minimum atomic E-state index is -2.07.